The van der Waals surface area contributed by atoms with E-state index in [9.17, 15) is 4.39 Å². The van der Waals surface area contributed by atoms with Crippen LogP contribution in [0.5, 0.6) is 11.5 Å². The van der Waals surface area contributed by atoms with E-state index >= 15 is 0 Å². The molecule has 0 bridgehead atoms. The number of nitrogens with two attached hydrogens (primary N) is 1. The molecule has 2 aromatic rings. The highest BCUT2D eigenvalue weighted by atomic mass is 19.1. The molecular weight excluding hydrogens is 257 g/mol. The summed E-state index contributed by atoms with van der Waals surface area (Å²) >= 11 is 0. The Morgan fingerprint density at radius 3 is 2.55 bits per heavy atom. The number of nitrogen functional groups attached to an aromatic ring is 1. The predicted octanol–water partition coefficient (Wildman–Crippen LogP) is 3.61. The Morgan fingerprint density at radius 2 is 1.85 bits per heavy atom. The van der Waals surface area contributed by atoms with Crippen LogP contribution in [0.1, 0.15) is 16.7 Å². The molecule has 0 heterocycles. The van der Waals surface area contributed by atoms with Gasteiger partial charge in [-0.15, -0.1) is 0 Å². The predicted molar refractivity (Wildman–Crippen MR) is 77.6 cm³/mol. The van der Waals surface area contributed by atoms with Crippen molar-refractivity contribution in [1.29, 1.82) is 0 Å². The van der Waals surface area contributed by atoms with Crippen molar-refractivity contribution in [3.63, 3.8) is 0 Å². The van der Waals surface area contributed by atoms with Crippen molar-refractivity contribution in [2.45, 2.75) is 20.5 Å². The van der Waals surface area contributed by atoms with Crippen LogP contribution in [0.15, 0.2) is 30.3 Å². The first-order valence-corrected chi connectivity index (χ1v) is 6.34. The van der Waals surface area contributed by atoms with E-state index in [1.165, 1.54) is 7.11 Å². The fraction of sp³-hybridized carbons (Fsp3) is 0.250. The first-order chi connectivity index (χ1) is 9.52. The minimum absolute atomic E-state index is 0.146. The number of hydrogen-bond acceptors (Lipinski definition) is 3. The monoisotopic (exact) mass is 275 g/mol. The van der Waals surface area contributed by atoms with Crippen molar-refractivity contribution in [1.82, 2.24) is 0 Å². The maximum Gasteiger partial charge on any atom is 0.171 e. The van der Waals surface area contributed by atoms with Gasteiger partial charge in [-0.2, -0.15) is 0 Å². The molecule has 0 atom stereocenters. The van der Waals surface area contributed by atoms with Gasteiger partial charge in [0.15, 0.2) is 11.6 Å². The van der Waals surface area contributed by atoms with Gasteiger partial charge in [-0.25, -0.2) is 4.39 Å². The first-order valence-electron chi connectivity index (χ1n) is 6.34. The Labute approximate surface area is 118 Å². The lowest BCUT2D eigenvalue weighted by molar-refractivity contribution is 0.293. The number of anilines is 1. The van der Waals surface area contributed by atoms with Crippen molar-refractivity contribution < 1.29 is 13.9 Å². The smallest absolute Gasteiger partial charge is 0.171 e. The molecule has 2 N–H and O–H groups in total. The lowest BCUT2D eigenvalue weighted by atomic mass is 10.1. The van der Waals surface area contributed by atoms with E-state index in [1.807, 2.05) is 26.0 Å². The summed E-state index contributed by atoms with van der Waals surface area (Å²) in [6.07, 6.45) is 0. The third kappa shape index (κ3) is 2.85. The summed E-state index contributed by atoms with van der Waals surface area (Å²) in [6, 6.07) is 8.71. The molecule has 0 aliphatic rings. The van der Waals surface area contributed by atoms with Crippen molar-refractivity contribution in [2.75, 3.05) is 12.8 Å². The Bertz CT molecular complexity index is 626. The highest BCUT2D eigenvalue weighted by molar-refractivity contribution is 5.53. The van der Waals surface area contributed by atoms with Crippen molar-refractivity contribution >= 4 is 5.69 Å². The number of aryl methyl sites for hydroxylation is 2. The Hall–Kier alpha value is -2.23. The zero-order valence-electron chi connectivity index (χ0n) is 11.9. The molecule has 2 aromatic carbocycles. The van der Waals surface area contributed by atoms with Gasteiger partial charge in [-0.1, -0.05) is 12.1 Å². The molecule has 106 valence electrons. The topological polar surface area (TPSA) is 44.5 Å². The molecule has 0 saturated heterocycles. The molecule has 0 unspecified atom stereocenters. The second-order valence-corrected chi connectivity index (χ2v) is 4.70. The van der Waals surface area contributed by atoms with E-state index in [0.29, 0.717) is 11.3 Å². The third-order valence-electron chi connectivity index (χ3n) is 3.21. The lowest BCUT2D eigenvalue weighted by Crippen LogP contribution is -2.02. The molecular formula is C16H18FNO2. The molecule has 3 nitrogen and oxygen atoms in total. The van der Waals surface area contributed by atoms with Crippen molar-refractivity contribution in [2.24, 2.45) is 0 Å². The normalized spacial score (nSPS) is 10.4. The van der Waals surface area contributed by atoms with Gasteiger partial charge in [0, 0.05) is 11.3 Å². The summed E-state index contributed by atoms with van der Waals surface area (Å²) in [5.41, 5.74) is 8.88. The minimum Gasteiger partial charge on any atom is -0.494 e. The standard InChI is InChI=1S/C16H18FNO2/c1-10-8-15(11(2)7-13(10)18)20-9-12-5-4-6-14(19-3)16(12)17/h4-8H,9,18H2,1-3H3. The largest absolute Gasteiger partial charge is 0.494 e. The number of benzene rings is 2. The van der Waals surface area contributed by atoms with Gasteiger partial charge in [-0.3, -0.25) is 0 Å². The Balaban J connectivity index is 2.19. The van der Waals surface area contributed by atoms with Crippen LogP contribution in [0.25, 0.3) is 0 Å². The molecule has 0 amide bonds. The van der Waals surface area contributed by atoms with Crippen LogP contribution in [-0.2, 0) is 6.61 Å². The lowest BCUT2D eigenvalue weighted by Gasteiger charge is -2.13. The third-order valence-corrected chi connectivity index (χ3v) is 3.21. The molecule has 2 rings (SSSR count). The van der Waals surface area contributed by atoms with E-state index in [2.05, 4.69) is 0 Å². The van der Waals surface area contributed by atoms with Crippen molar-refractivity contribution in [3.05, 3.63) is 52.8 Å². The average molecular weight is 275 g/mol. The van der Waals surface area contributed by atoms with Gasteiger partial charge in [0.1, 0.15) is 12.4 Å². The van der Waals surface area contributed by atoms with Gasteiger partial charge < -0.3 is 15.2 Å². The molecule has 0 aliphatic carbocycles. The SMILES string of the molecule is COc1cccc(COc2cc(C)c(N)cc2C)c1F. The van der Waals surface area contributed by atoms with Gasteiger partial charge in [-0.05, 0) is 43.2 Å². The van der Waals surface area contributed by atoms with Crippen LogP contribution in [0.2, 0.25) is 0 Å². The van der Waals surface area contributed by atoms with E-state index in [-0.39, 0.29) is 18.2 Å². The number of methoxy groups -OCH3 is 1. The van der Waals surface area contributed by atoms with Gasteiger partial charge >= 0.3 is 0 Å². The summed E-state index contributed by atoms with van der Waals surface area (Å²) in [6.45, 7) is 3.97. The summed E-state index contributed by atoms with van der Waals surface area (Å²) in [5, 5.41) is 0. The fourth-order valence-corrected chi connectivity index (χ4v) is 1.95. The molecule has 20 heavy (non-hydrogen) atoms. The molecule has 0 radical (unpaired) electrons. The fourth-order valence-electron chi connectivity index (χ4n) is 1.95. The average Bonchev–Trinajstić information content (AvgIpc) is 2.43. The van der Waals surface area contributed by atoms with Crippen LogP contribution < -0.4 is 15.2 Å². The zero-order valence-corrected chi connectivity index (χ0v) is 11.9. The number of ether oxygens (including phenoxy) is 2. The molecule has 0 aliphatic heterocycles. The summed E-state index contributed by atoms with van der Waals surface area (Å²) in [5.74, 6) is 0.537. The van der Waals surface area contributed by atoms with E-state index < -0.39 is 0 Å². The maximum absolute atomic E-state index is 14.0. The number of hydrogen-bond donors (Lipinski definition) is 1. The molecule has 0 aromatic heterocycles. The molecule has 4 heteroatoms. The maximum atomic E-state index is 14.0. The van der Waals surface area contributed by atoms with E-state index in [4.69, 9.17) is 15.2 Å². The first kappa shape index (κ1) is 14.2. The van der Waals surface area contributed by atoms with E-state index in [1.54, 1.807) is 18.2 Å². The second kappa shape index (κ2) is 5.82. The quantitative estimate of drug-likeness (QED) is 0.867. The summed E-state index contributed by atoms with van der Waals surface area (Å²) in [7, 11) is 1.44. The molecule has 0 fully saturated rings. The molecule has 0 saturated carbocycles. The Kier molecular flexibility index (Phi) is 4.13. The molecule has 0 spiro atoms. The van der Waals surface area contributed by atoms with Crippen LogP contribution in [0, 0.1) is 19.7 Å². The van der Waals surface area contributed by atoms with Crippen LogP contribution in [0.4, 0.5) is 10.1 Å². The summed E-state index contributed by atoms with van der Waals surface area (Å²) in [4.78, 5) is 0. The summed E-state index contributed by atoms with van der Waals surface area (Å²) < 4.78 is 24.6. The highest BCUT2D eigenvalue weighted by Gasteiger charge is 2.10. The number of halogens is 1. The van der Waals surface area contributed by atoms with E-state index in [0.717, 1.165) is 16.8 Å². The van der Waals surface area contributed by atoms with Crippen LogP contribution in [0.3, 0.4) is 0 Å². The number of rotatable bonds is 4. The van der Waals surface area contributed by atoms with Crippen LogP contribution in [-0.4, -0.2) is 7.11 Å². The van der Waals surface area contributed by atoms with Gasteiger partial charge in [0.25, 0.3) is 0 Å². The van der Waals surface area contributed by atoms with Crippen molar-refractivity contribution in [3.8, 4) is 11.5 Å². The highest BCUT2D eigenvalue weighted by Crippen LogP contribution is 2.26. The second-order valence-electron chi connectivity index (χ2n) is 4.70. The van der Waals surface area contributed by atoms with Gasteiger partial charge in [0.05, 0.1) is 7.11 Å². The van der Waals surface area contributed by atoms with Crippen LogP contribution >= 0.6 is 0 Å². The van der Waals surface area contributed by atoms with Gasteiger partial charge in [0.2, 0.25) is 0 Å². The zero-order chi connectivity index (χ0) is 14.7. The minimum atomic E-state index is -0.389. The Morgan fingerprint density at radius 1 is 1.10 bits per heavy atom.